The Labute approximate surface area is 107 Å². The highest BCUT2D eigenvalue weighted by atomic mass is 35.5. The first-order valence-electron chi connectivity index (χ1n) is 4.94. The Morgan fingerprint density at radius 3 is 2.83 bits per heavy atom. The molecule has 0 bridgehead atoms. The Balaban J connectivity index is 2.71. The van der Waals surface area contributed by atoms with Crippen LogP contribution in [0, 0.1) is 6.57 Å². The Bertz CT molecular complexity index is 633. The number of fused-ring (bicyclic) bond motifs is 1. The van der Waals surface area contributed by atoms with Crippen molar-refractivity contribution in [1.82, 2.24) is 9.55 Å². The van der Waals surface area contributed by atoms with Crippen LogP contribution in [-0.2, 0) is 12.9 Å². The van der Waals surface area contributed by atoms with Crippen molar-refractivity contribution in [3.05, 3.63) is 29.4 Å². The number of imidazole rings is 1. The Kier molecular flexibility index (Phi) is 3.34. The van der Waals surface area contributed by atoms with Gasteiger partial charge in [0.2, 0.25) is 0 Å². The summed E-state index contributed by atoms with van der Waals surface area (Å²) in [5.41, 5.74) is 1.03. The van der Waals surface area contributed by atoms with Gasteiger partial charge < -0.3 is 9.30 Å². The largest absolute Gasteiger partial charge is 0.434 e. The SMILES string of the molecule is [C-]#[N+]c1cc(OC(F)F)c2nc(CCl)n(C)c2c1. The number of hydrogen-bond acceptors (Lipinski definition) is 2. The molecule has 0 aliphatic heterocycles. The minimum atomic E-state index is -2.96. The predicted molar refractivity (Wildman–Crippen MR) is 63.2 cm³/mol. The zero-order chi connectivity index (χ0) is 13.3. The molecule has 0 unspecified atom stereocenters. The van der Waals surface area contributed by atoms with E-state index in [1.807, 2.05) is 0 Å². The third kappa shape index (κ3) is 2.09. The van der Waals surface area contributed by atoms with Gasteiger partial charge in [0.15, 0.2) is 5.69 Å². The second-order valence-electron chi connectivity index (χ2n) is 3.52. The number of halogens is 3. The second-order valence-corrected chi connectivity index (χ2v) is 3.79. The van der Waals surface area contributed by atoms with E-state index in [0.29, 0.717) is 11.3 Å². The van der Waals surface area contributed by atoms with Crippen molar-refractivity contribution in [1.29, 1.82) is 0 Å². The number of nitrogens with zero attached hydrogens (tertiary/aromatic N) is 3. The van der Waals surface area contributed by atoms with Gasteiger partial charge in [0.1, 0.15) is 17.1 Å². The zero-order valence-electron chi connectivity index (χ0n) is 9.32. The highest BCUT2D eigenvalue weighted by Crippen LogP contribution is 2.32. The molecule has 1 aromatic carbocycles. The van der Waals surface area contributed by atoms with Crippen LogP contribution in [0.4, 0.5) is 14.5 Å². The van der Waals surface area contributed by atoms with Crippen LogP contribution >= 0.6 is 11.6 Å². The van der Waals surface area contributed by atoms with Crippen molar-refractivity contribution < 1.29 is 13.5 Å². The molecule has 0 N–H and O–H groups in total. The van der Waals surface area contributed by atoms with Crippen LogP contribution < -0.4 is 4.74 Å². The molecule has 0 fully saturated rings. The third-order valence-corrected chi connectivity index (χ3v) is 2.73. The average molecular weight is 272 g/mol. The number of ether oxygens (including phenoxy) is 1. The summed E-state index contributed by atoms with van der Waals surface area (Å²) in [6, 6.07) is 2.80. The average Bonchev–Trinajstić information content (AvgIpc) is 2.66. The first kappa shape index (κ1) is 12.6. The van der Waals surface area contributed by atoms with Gasteiger partial charge in [0.05, 0.1) is 18.0 Å². The lowest BCUT2D eigenvalue weighted by molar-refractivity contribution is -0.0488. The molecular weight excluding hydrogens is 264 g/mol. The van der Waals surface area contributed by atoms with E-state index in [2.05, 4.69) is 14.6 Å². The Morgan fingerprint density at radius 1 is 1.56 bits per heavy atom. The maximum absolute atomic E-state index is 12.3. The summed E-state index contributed by atoms with van der Waals surface area (Å²) in [6.07, 6.45) is 0. The van der Waals surface area contributed by atoms with Crippen molar-refractivity contribution in [3.8, 4) is 5.75 Å². The van der Waals surface area contributed by atoms with E-state index in [1.54, 1.807) is 17.7 Å². The van der Waals surface area contributed by atoms with Crippen molar-refractivity contribution in [2.45, 2.75) is 12.5 Å². The van der Waals surface area contributed by atoms with Crippen molar-refractivity contribution >= 4 is 28.3 Å². The molecule has 0 saturated heterocycles. The molecule has 0 aliphatic carbocycles. The summed E-state index contributed by atoms with van der Waals surface area (Å²) in [7, 11) is 1.70. The van der Waals surface area contributed by atoms with Crippen LogP contribution in [0.5, 0.6) is 5.75 Å². The van der Waals surface area contributed by atoms with E-state index >= 15 is 0 Å². The summed E-state index contributed by atoms with van der Waals surface area (Å²) in [6.45, 7) is 3.98. The lowest BCUT2D eigenvalue weighted by Gasteiger charge is -2.06. The highest BCUT2D eigenvalue weighted by molar-refractivity contribution is 6.16. The number of aromatic nitrogens is 2. The van der Waals surface area contributed by atoms with E-state index in [1.165, 1.54) is 6.07 Å². The van der Waals surface area contributed by atoms with Gasteiger partial charge in [0.25, 0.3) is 0 Å². The quantitative estimate of drug-likeness (QED) is 0.632. The summed E-state index contributed by atoms with van der Waals surface area (Å²) >= 11 is 5.70. The molecule has 1 heterocycles. The van der Waals surface area contributed by atoms with E-state index in [0.717, 1.165) is 0 Å². The Morgan fingerprint density at radius 2 is 2.28 bits per heavy atom. The summed E-state index contributed by atoms with van der Waals surface area (Å²) < 4.78 is 30.7. The molecule has 1 aromatic heterocycles. The molecule has 0 radical (unpaired) electrons. The monoisotopic (exact) mass is 271 g/mol. The highest BCUT2D eigenvalue weighted by Gasteiger charge is 2.16. The lowest BCUT2D eigenvalue weighted by Crippen LogP contribution is -2.02. The van der Waals surface area contributed by atoms with Crippen LogP contribution in [0.3, 0.4) is 0 Å². The first-order valence-corrected chi connectivity index (χ1v) is 5.48. The van der Waals surface area contributed by atoms with Gasteiger partial charge in [-0.3, -0.25) is 0 Å². The number of alkyl halides is 3. The summed E-state index contributed by atoms with van der Waals surface area (Å²) in [5.74, 6) is 0.556. The van der Waals surface area contributed by atoms with Crippen LogP contribution in [0.2, 0.25) is 0 Å². The summed E-state index contributed by atoms with van der Waals surface area (Å²) in [4.78, 5) is 7.34. The van der Waals surface area contributed by atoms with Gasteiger partial charge in [0, 0.05) is 7.05 Å². The molecule has 7 heteroatoms. The molecule has 0 atom stereocenters. The zero-order valence-corrected chi connectivity index (χ0v) is 10.1. The minimum Gasteiger partial charge on any atom is -0.434 e. The molecule has 2 rings (SSSR count). The molecule has 94 valence electrons. The minimum absolute atomic E-state index is 0.111. The van der Waals surface area contributed by atoms with Gasteiger partial charge in [-0.05, 0) is 12.1 Å². The molecule has 0 aliphatic rings. The molecule has 0 saturated carbocycles. The van der Waals surface area contributed by atoms with Crippen LogP contribution in [0.1, 0.15) is 5.82 Å². The maximum Gasteiger partial charge on any atom is 0.387 e. The topological polar surface area (TPSA) is 31.4 Å². The molecule has 0 amide bonds. The van der Waals surface area contributed by atoms with Crippen molar-refractivity contribution in [2.75, 3.05) is 0 Å². The molecule has 2 aromatic rings. The van der Waals surface area contributed by atoms with E-state index in [-0.39, 0.29) is 22.8 Å². The number of hydrogen-bond donors (Lipinski definition) is 0. The van der Waals surface area contributed by atoms with Crippen molar-refractivity contribution in [2.24, 2.45) is 7.05 Å². The standard InChI is InChI=1S/C11H8ClF2N3O/c1-15-6-3-7-10(8(4-6)18-11(13)14)16-9(5-12)17(7)2/h3-4,11H,5H2,2H3. The van der Waals surface area contributed by atoms with E-state index < -0.39 is 6.61 Å². The van der Waals surface area contributed by atoms with Crippen LogP contribution in [-0.4, -0.2) is 16.2 Å². The predicted octanol–water partition coefficient (Wildman–Crippen LogP) is 3.46. The van der Waals surface area contributed by atoms with Crippen LogP contribution in [0.25, 0.3) is 15.9 Å². The smallest absolute Gasteiger partial charge is 0.387 e. The molecule has 4 nitrogen and oxygen atoms in total. The van der Waals surface area contributed by atoms with E-state index in [9.17, 15) is 8.78 Å². The fourth-order valence-corrected chi connectivity index (χ4v) is 1.90. The van der Waals surface area contributed by atoms with Gasteiger partial charge in [-0.2, -0.15) is 8.78 Å². The van der Waals surface area contributed by atoms with Crippen LogP contribution in [0.15, 0.2) is 12.1 Å². The fraction of sp³-hybridized carbons (Fsp3) is 0.273. The van der Waals surface area contributed by atoms with Gasteiger partial charge in [-0.15, -0.1) is 11.6 Å². The second kappa shape index (κ2) is 4.78. The number of rotatable bonds is 3. The van der Waals surface area contributed by atoms with Gasteiger partial charge >= 0.3 is 6.61 Å². The molecule has 0 spiro atoms. The molecular formula is C11H8ClF2N3O. The van der Waals surface area contributed by atoms with E-state index in [4.69, 9.17) is 18.2 Å². The first-order chi connectivity index (χ1) is 8.56. The number of aryl methyl sites for hydroxylation is 1. The maximum atomic E-state index is 12.3. The number of benzene rings is 1. The third-order valence-electron chi connectivity index (χ3n) is 2.49. The Hall–Kier alpha value is -1.87. The van der Waals surface area contributed by atoms with Crippen molar-refractivity contribution in [3.63, 3.8) is 0 Å². The molecule has 18 heavy (non-hydrogen) atoms. The lowest BCUT2D eigenvalue weighted by atomic mass is 10.2. The summed E-state index contributed by atoms with van der Waals surface area (Å²) in [5, 5.41) is 0. The fourth-order valence-electron chi connectivity index (χ4n) is 1.66. The van der Waals surface area contributed by atoms with Gasteiger partial charge in [-0.1, -0.05) is 0 Å². The normalized spacial score (nSPS) is 10.9. The van der Waals surface area contributed by atoms with Gasteiger partial charge in [-0.25, -0.2) is 9.83 Å².